The molecule has 0 amide bonds. The van der Waals surface area contributed by atoms with Crippen molar-refractivity contribution < 1.29 is 4.74 Å². The van der Waals surface area contributed by atoms with Crippen LogP contribution in [0, 0.1) is 0 Å². The van der Waals surface area contributed by atoms with E-state index in [0.717, 1.165) is 38.5 Å². The van der Waals surface area contributed by atoms with Crippen LogP contribution in [0.4, 0.5) is 0 Å². The number of hydrogen-bond donors (Lipinski definition) is 1. The first kappa shape index (κ1) is 20.5. The Bertz CT molecular complexity index is 370. The Hall–Kier alpha value is -0.520. The fraction of sp³-hybridized carbons (Fsp3) is 0.600. The summed E-state index contributed by atoms with van der Waals surface area (Å²) < 4.78 is 5.17. The van der Waals surface area contributed by atoms with E-state index in [1.807, 2.05) is 12.1 Å². The van der Waals surface area contributed by atoms with Crippen molar-refractivity contribution in [3.63, 3.8) is 0 Å². The van der Waals surface area contributed by atoms with Crippen LogP contribution >= 0.6 is 24.8 Å². The minimum atomic E-state index is 0. The summed E-state index contributed by atoms with van der Waals surface area (Å²) in [6.45, 7) is 7.88. The monoisotopic (exact) mass is 335 g/mol. The zero-order valence-corrected chi connectivity index (χ0v) is 14.5. The summed E-state index contributed by atoms with van der Waals surface area (Å²) in [6, 6.07) is 8.33. The smallest absolute Gasteiger partial charge is 0.118 e. The molecule has 1 aliphatic heterocycles. The van der Waals surface area contributed by atoms with Crippen molar-refractivity contribution in [2.24, 2.45) is 0 Å². The molecule has 0 bridgehead atoms. The normalized spacial score (nSPS) is 15.2. The van der Waals surface area contributed by atoms with Crippen LogP contribution in [-0.2, 0) is 6.54 Å². The molecule has 0 atom stereocenters. The van der Waals surface area contributed by atoms with Crippen molar-refractivity contribution in [3.8, 4) is 5.75 Å². The van der Waals surface area contributed by atoms with Gasteiger partial charge in [0.2, 0.25) is 0 Å². The standard InChI is InChI=1S/C15H25N3O.2ClH/c1-17(11-12-18-9-7-16-8-10-18)13-14-3-5-15(19-2)6-4-14;;/h3-6,16H,7-13H2,1-2H3;2*1H. The van der Waals surface area contributed by atoms with Crippen molar-refractivity contribution in [2.45, 2.75) is 6.54 Å². The maximum atomic E-state index is 5.17. The molecule has 1 heterocycles. The first-order valence-electron chi connectivity index (χ1n) is 7.02. The highest BCUT2D eigenvalue weighted by molar-refractivity contribution is 5.85. The van der Waals surface area contributed by atoms with Gasteiger partial charge < -0.3 is 15.0 Å². The summed E-state index contributed by atoms with van der Waals surface area (Å²) in [4.78, 5) is 4.91. The van der Waals surface area contributed by atoms with E-state index in [1.54, 1.807) is 7.11 Å². The number of nitrogens with zero attached hydrogens (tertiary/aromatic N) is 2. The zero-order chi connectivity index (χ0) is 13.5. The lowest BCUT2D eigenvalue weighted by atomic mass is 10.2. The van der Waals surface area contributed by atoms with E-state index in [9.17, 15) is 0 Å². The average molecular weight is 336 g/mol. The molecule has 4 nitrogen and oxygen atoms in total. The molecule has 1 aromatic rings. The number of rotatable bonds is 6. The highest BCUT2D eigenvalue weighted by Crippen LogP contribution is 2.12. The van der Waals surface area contributed by atoms with E-state index in [1.165, 1.54) is 18.7 Å². The third-order valence-corrected chi connectivity index (χ3v) is 3.62. The summed E-state index contributed by atoms with van der Waals surface area (Å²) in [7, 11) is 3.89. The fourth-order valence-electron chi connectivity index (χ4n) is 2.37. The van der Waals surface area contributed by atoms with Crippen molar-refractivity contribution in [1.29, 1.82) is 0 Å². The third-order valence-electron chi connectivity index (χ3n) is 3.62. The number of halogens is 2. The lowest BCUT2D eigenvalue weighted by molar-refractivity contribution is 0.202. The van der Waals surface area contributed by atoms with Gasteiger partial charge in [-0.2, -0.15) is 0 Å². The van der Waals surface area contributed by atoms with Crippen LogP contribution in [0.25, 0.3) is 0 Å². The number of ether oxygens (including phenoxy) is 1. The number of benzene rings is 1. The summed E-state index contributed by atoms with van der Waals surface area (Å²) in [5.41, 5.74) is 1.34. The molecule has 1 N–H and O–H groups in total. The van der Waals surface area contributed by atoms with E-state index >= 15 is 0 Å². The number of hydrogen-bond acceptors (Lipinski definition) is 4. The molecule has 2 rings (SSSR count). The first-order valence-corrected chi connectivity index (χ1v) is 7.02. The van der Waals surface area contributed by atoms with E-state index in [4.69, 9.17) is 4.74 Å². The third kappa shape index (κ3) is 7.34. The van der Waals surface area contributed by atoms with Crippen LogP contribution in [0.1, 0.15) is 5.56 Å². The molecule has 0 saturated carbocycles. The lowest BCUT2D eigenvalue weighted by Crippen LogP contribution is -2.45. The largest absolute Gasteiger partial charge is 0.497 e. The van der Waals surface area contributed by atoms with Gasteiger partial charge in [0.25, 0.3) is 0 Å². The van der Waals surface area contributed by atoms with Gasteiger partial charge in [-0.05, 0) is 24.7 Å². The van der Waals surface area contributed by atoms with Gasteiger partial charge >= 0.3 is 0 Å². The van der Waals surface area contributed by atoms with Gasteiger partial charge in [-0.3, -0.25) is 4.90 Å². The Labute approximate surface area is 140 Å². The molecule has 0 aromatic heterocycles. The summed E-state index contributed by atoms with van der Waals surface area (Å²) >= 11 is 0. The minimum Gasteiger partial charge on any atom is -0.497 e. The van der Waals surface area contributed by atoms with E-state index < -0.39 is 0 Å². The predicted octanol–water partition coefficient (Wildman–Crippen LogP) is 1.88. The molecule has 6 heteroatoms. The SMILES string of the molecule is COc1ccc(CN(C)CCN2CCNCC2)cc1.Cl.Cl. The zero-order valence-electron chi connectivity index (χ0n) is 12.9. The first-order chi connectivity index (χ1) is 9.28. The van der Waals surface area contributed by atoms with Crippen LogP contribution in [0.15, 0.2) is 24.3 Å². The summed E-state index contributed by atoms with van der Waals surface area (Å²) in [5, 5.41) is 3.39. The van der Waals surface area contributed by atoms with Gasteiger partial charge in [0.05, 0.1) is 7.11 Å². The lowest BCUT2D eigenvalue weighted by Gasteiger charge is -2.29. The summed E-state index contributed by atoms with van der Waals surface area (Å²) in [6.07, 6.45) is 0. The minimum absolute atomic E-state index is 0. The topological polar surface area (TPSA) is 27.7 Å². The number of likely N-dealkylation sites (N-methyl/N-ethyl adjacent to an activating group) is 1. The Balaban J connectivity index is 0.00000200. The Morgan fingerprint density at radius 2 is 1.76 bits per heavy atom. The van der Waals surface area contributed by atoms with Crippen LogP contribution in [0.5, 0.6) is 5.75 Å². The molecule has 1 aromatic carbocycles. The van der Waals surface area contributed by atoms with Gasteiger partial charge in [-0.25, -0.2) is 0 Å². The van der Waals surface area contributed by atoms with Crippen LogP contribution in [-0.4, -0.2) is 63.2 Å². The number of methoxy groups -OCH3 is 1. The second-order valence-electron chi connectivity index (χ2n) is 5.18. The highest BCUT2D eigenvalue weighted by Gasteiger charge is 2.10. The number of piperazine rings is 1. The van der Waals surface area contributed by atoms with Crippen LogP contribution in [0.2, 0.25) is 0 Å². The highest BCUT2D eigenvalue weighted by atomic mass is 35.5. The molecule has 21 heavy (non-hydrogen) atoms. The molecule has 0 spiro atoms. The molecular weight excluding hydrogens is 309 g/mol. The Kier molecular flexibility index (Phi) is 10.8. The molecular formula is C15H27Cl2N3O. The van der Waals surface area contributed by atoms with Crippen molar-refractivity contribution in [3.05, 3.63) is 29.8 Å². The van der Waals surface area contributed by atoms with E-state index in [-0.39, 0.29) is 24.8 Å². The molecule has 122 valence electrons. The van der Waals surface area contributed by atoms with Gasteiger partial charge in [-0.1, -0.05) is 12.1 Å². The molecule has 0 aliphatic carbocycles. The van der Waals surface area contributed by atoms with Gasteiger partial charge in [0.1, 0.15) is 5.75 Å². The number of nitrogens with one attached hydrogen (secondary N) is 1. The second-order valence-corrected chi connectivity index (χ2v) is 5.18. The van der Waals surface area contributed by atoms with E-state index in [0.29, 0.717) is 0 Å². The Morgan fingerprint density at radius 1 is 1.14 bits per heavy atom. The molecule has 0 unspecified atom stereocenters. The molecule has 1 fully saturated rings. The Morgan fingerprint density at radius 3 is 2.33 bits per heavy atom. The predicted molar refractivity (Wildman–Crippen MR) is 93.1 cm³/mol. The van der Waals surface area contributed by atoms with Gasteiger partial charge in [-0.15, -0.1) is 24.8 Å². The maximum absolute atomic E-state index is 5.17. The van der Waals surface area contributed by atoms with Crippen molar-refractivity contribution >= 4 is 24.8 Å². The van der Waals surface area contributed by atoms with Gasteiger partial charge in [0.15, 0.2) is 0 Å². The van der Waals surface area contributed by atoms with Crippen molar-refractivity contribution in [1.82, 2.24) is 15.1 Å². The van der Waals surface area contributed by atoms with Crippen molar-refractivity contribution in [2.75, 3.05) is 53.4 Å². The van der Waals surface area contributed by atoms with Crippen LogP contribution < -0.4 is 10.1 Å². The van der Waals surface area contributed by atoms with E-state index in [2.05, 4.69) is 34.3 Å². The quantitative estimate of drug-likeness (QED) is 0.858. The van der Waals surface area contributed by atoms with Crippen LogP contribution in [0.3, 0.4) is 0 Å². The summed E-state index contributed by atoms with van der Waals surface area (Å²) in [5.74, 6) is 0.923. The fourth-order valence-corrected chi connectivity index (χ4v) is 2.37. The molecule has 1 aliphatic rings. The maximum Gasteiger partial charge on any atom is 0.118 e. The molecule has 0 radical (unpaired) electrons. The molecule has 1 saturated heterocycles. The average Bonchev–Trinajstić information content (AvgIpc) is 2.47. The van der Waals surface area contributed by atoms with Gasteiger partial charge in [0, 0.05) is 45.8 Å². The second kappa shape index (κ2) is 11.1.